The van der Waals surface area contributed by atoms with Gasteiger partial charge in [0, 0.05) is 31.5 Å². The highest BCUT2D eigenvalue weighted by molar-refractivity contribution is 9.10. The van der Waals surface area contributed by atoms with Gasteiger partial charge >= 0.3 is 0 Å². The Labute approximate surface area is 108 Å². The van der Waals surface area contributed by atoms with Crippen LogP contribution in [0.5, 0.6) is 0 Å². The van der Waals surface area contributed by atoms with Crippen LogP contribution in [0.25, 0.3) is 11.3 Å². The van der Waals surface area contributed by atoms with Crippen molar-refractivity contribution >= 4 is 15.9 Å². The first-order valence-electron chi connectivity index (χ1n) is 5.42. The van der Waals surface area contributed by atoms with Gasteiger partial charge in [0.2, 0.25) is 0 Å². The lowest BCUT2D eigenvalue weighted by molar-refractivity contribution is 0.717. The number of rotatable bonds is 4. The molecule has 90 valence electrons. The van der Waals surface area contributed by atoms with Crippen LogP contribution in [0.4, 0.5) is 0 Å². The van der Waals surface area contributed by atoms with E-state index in [9.17, 15) is 0 Å². The third kappa shape index (κ3) is 2.70. The Morgan fingerprint density at radius 1 is 1.41 bits per heavy atom. The van der Waals surface area contributed by atoms with E-state index >= 15 is 0 Å². The second-order valence-corrected chi connectivity index (χ2v) is 4.47. The first-order chi connectivity index (χ1) is 8.22. The maximum atomic E-state index is 4.25. The van der Waals surface area contributed by atoms with Crippen LogP contribution in [0, 0.1) is 0 Å². The van der Waals surface area contributed by atoms with Gasteiger partial charge in [0.15, 0.2) is 4.60 Å². The van der Waals surface area contributed by atoms with Crippen LogP contribution in [0.2, 0.25) is 0 Å². The monoisotopic (exact) mass is 295 g/mol. The van der Waals surface area contributed by atoms with Gasteiger partial charge in [-0.2, -0.15) is 0 Å². The highest BCUT2D eigenvalue weighted by Crippen LogP contribution is 2.25. The Balaban J connectivity index is 2.33. The summed E-state index contributed by atoms with van der Waals surface area (Å²) in [6.07, 6.45) is 3.68. The molecule has 0 saturated carbocycles. The quantitative estimate of drug-likeness (QED) is 0.934. The number of nitrogens with one attached hydrogen (secondary N) is 1. The molecule has 0 atom stereocenters. The van der Waals surface area contributed by atoms with Crippen LogP contribution in [0.3, 0.4) is 0 Å². The standard InChI is InChI=1S/C11H14BrN5/c1-3-13-5-8-4-9(7-14-6-8)10-11(12)15-16-17(10)2/h4,6-7,13H,3,5H2,1-2H3. The fourth-order valence-corrected chi connectivity index (χ4v) is 2.18. The molecule has 5 nitrogen and oxygen atoms in total. The molecule has 0 fully saturated rings. The zero-order valence-corrected chi connectivity index (χ0v) is 11.4. The molecule has 2 aromatic heterocycles. The van der Waals surface area contributed by atoms with Gasteiger partial charge < -0.3 is 5.32 Å². The molecule has 0 aromatic carbocycles. The minimum Gasteiger partial charge on any atom is -0.313 e. The second kappa shape index (κ2) is 5.37. The van der Waals surface area contributed by atoms with Gasteiger partial charge in [-0.3, -0.25) is 4.98 Å². The maximum Gasteiger partial charge on any atom is 0.156 e. The fourth-order valence-electron chi connectivity index (χ4n) is 1.62. The van der Waals surface area contributed by atoms with E-state index in [1.165, 1.54) is 0 Å². The van der Waals surface area contributed by atoms with Gasteiger partial charge in [0.25, 0.3) is 0 Å². The first kappa shape index (κ1) is 12.2. The summed E-state index contributed by atoms with van der Waals surface area (Å²) in [5.41, 5.74) is 3.10. The third-order valence-electron chi connectivity index (χ3n) is 2.43. The highest BCUT2D eigenvalue weighted by Gasteiger charge is 2.11. The van der Waals surface area contributed by atoms with Crippen molar-refractivity contribution in [1.82, 2.24) is 25.3 Å². The van der Waals surface area contributed by atoms with Gasteiger partial charge in [-0.15, -0.1) is 5.10 Å². The second-order valence-electron chi connectivity index (χ2n) is 3.71. The van der Waals surface area contributed by atoms with E-state index in [2.05, 4.69) is 49.5 Å². The predicted octanol–water partition coefficient (Wildman–Crippen LogP) is 1.75. The molecule has 2 heterocycles. The van der Waals surface area contributed by atoms with Crippen molar-refractivity contribution in [3.8, 4) is 11.3 Å². The lowest BCUT2D eigenvalue weighted by Crippen LogP contribution is -2.11. The predicted molar refractivity (Wildman–Crippen MR) is 69.3 cm³/mol. The van der Waals surface area contributed by atoms with Gasteiger partial charge in [-0.1, -0.05) is 12.1 Å². The Morgan fingerprint density at radius 2 is 2.24 bits per heavy atom. The van der Waals surface area contributed by atoms with E-state index < -0.39 is 0 Å². The number of pyridine rings is 1. The van der Waals surface area contributed by atoms with Crippen LogP contribution in [0.15, 0.2) is 23.1 Å². The summed E-state index contributed by atoms with van der Waals surface area (Å²) < 4.78 is 2.47. The number of halogens is 1. The van der Waals surface area contributed by atoms with Crippen molar-refractivity contribution < 1.29 is 0 Å². The summed E-state index contributed by atoms with van der Waals surface area (Å²) in [4.78, 5) is 4.25. The summed E-state index contributed by atoms with van der Waals surface area (Å²) in [5, 5.41) is 11.2. The molecule has 0 bridgehead atoms. The average Bonchev–Trinajstić information content (AvgIpc) is 2.67. The fraction of sp³-hybridized carbons (Fsp3) is 0.364. The number of aryl methyl sites for hydroxylation is 1. The van der Waals surface area contributed by atoms with E-state index in [0.29, 0.717) is 0 Å². The van der Waals surface area contributed by atoms with Gasteiger partial charge in [0.05, 0.1) is 0 Å². The van der Waals surface area contributed by atoms with E-state index in [4.69, 9.17) is 0 Å². The first-order valence-corrected chi connectivity index (χ1v) is 6.22. The molecule has 0 aliphatic rings. The van der Waals surface area contributed by atoms with Crippen molar-refractivity contribution in [2.24, 2.45) is 7.05 Å². The minimum absolute atomic E-state index is 0.738. The van der Waals surface area contributed by atoms with Crippen molar-refractivity contribution in [1.29, 1.82) is 0 Å². The Hall–Kier alpha value is -1.27. The van der Waals surface area contributed by atoms with Crippen LogP contribution in [0.1, 0.15) is 12.5 Å². The summed E-state index contributed by atoms with van der Waals surface area (Å²) in [7, 11) is 1.87. The molecular formula is C11H14BrN5. The summed E-state index contributed by atoms with van der Waals surface area (Å²) >= 11 is 3.39. The highest BCUT2D eigenvalue weighted by atomic mass is 79.9. The third-order valence-corrected chi connectivity index (χ3v) is 2.97. The number of nitrogens with zero attached hydrogens (tertiary/aromatic N) is 4. The SMILES string of the molecule is CCNCc1cncc(-c2c(Br)nnn2C)c1. The smallest absolute Gasteiger partial charge is 0.156 e. The van der Waals surface area contributed by atoms with Gasteiger partial charge in [-0.05, 0) is 34.1 Å². The molecule has 17 heavy (non-hydrogen) atoms. The molecule has 0 spiro atoms. The Morgan fingerprint density at radius 3 is 2.88 bits per heavy atom. The minimum atomic E-state index is 0.738. The van der Waals surface area contributed by atoms with E-state index in [1.54, 1.807) is 4.68 Å². The molecule has 0 unspecified atom stereocenters. The van der Waals surface area contributed by atoms with Crippen LogP contribution in [-0.2, 0) is 13.6 Å². The number of hydrogen-bond donors (Lipinski definition) is 1. The normalized spacial score (nSPS) is 10.8. The van der Waals surface area contributed by atoms with Crippen LogP contribution in [-0.4, -0.2) is 26.5 Å². The molecule has 0 saturated heterocycles. The molecule has 0 radical (unpaired) electrons. The Kier molecular flexibility index (Phi) is 3.86. The molecule has 2 aromatic rings. The number of aromatic nitrogens is 4. The maximum absolute atomic E-state index is 4.25. The van der Waals surface area contributed by atoms with Crippen molar-refractivity contribution in [2.45, 2.75) is 13.5 Å². The van der Waals surface area contributed by atoms with E-state index in [0.717, 1.165) is 34.5 Å². The van der Waals surface area contributed by atoms with E-state index in [-0.39, 0.29) is 0 Å². The lowest BCUT2D eigenvalue weighted by Gasteiger charge is -2.05. The zero-order chi connectivity index (χ0) is 12.3. The summed E-state index contributed by atoms with van der Waals surface area (Å²) in [6.45, 7) is 3.85. The van der Waals surface area contributed by atoms with Crippen molar-refractivity contribution in [3.63, 3.8) is 0 Å². The molecule has 2 rings (SSSR count). The van der Waals surface area contributed by atoms with Crippen LogP contribution >= 0.6 is 15.9 Å². The van der Waals surface area contributed by atoms with Crippen molar-refractivity contribution in [3.05, 3.63) is 28.6 Å². The average molecular weight is 296 g/mol. The molecule has 0 aliphatic carbocycles. The van der Waals surface area contributed by atoms with Crippen LogP contribution < -0.4 is 5.32 Å². The lowest BCUT2D eigenvalue weighted by atomic mass is 10.1. The Bertz CT molecular complexity index is 489. The summed E-state index contributed by atoms with van der Waals surface area (Å²) in [6, 6.07) is 2.10. The topological polar surface area (TPSA) is 55.6 Å². The van der Waals surface area contributed by atoms with Gasteiger partial charge in [0.1, 0.15) is 5.69 Å². The molecular weight excluding hydrogens is 282 g/mol. The number of hydrogen-bond acceptors (Lipinski definition) is 4. The van der Waals surface area contributed by atoms with E-state index in [1.807, 2.05) is 19.4 Å². The molecule has 0 amide bonds. The van der Waals surface area contributed by atoms with Crippen molar-refractivity contribution in [2.75, 3.05) is 6.54 Å². The molecule has 0 aliphatic heterocycles. The largest absolute Gasteiger partial charge is 0.313 e. The summed E-state index contributed by atoms with van der Waals surface area (Å²) in [5.74, 6) is 0. The zero-order valence-electron chi connectivity index (χ0n) is 9.81. The molecule has 1 N–H and O–H groups in total. The van der Waals surface area contributed by atoms with Gasteiger partial charge in [-0.25, -0.2) is 4.68 Å². The molecule has 6 heteroatoms.